The molecule has 0 saturated heterocycles. The second-order valence-electron chi connectivity index (χ2n) is 12.9. The number of hydrogen-bond acceptors (Lipinski definition) is 4. The van der Waals surface area contributed by atoms with E-state index in [9.17, 15) is 9.59 Å². The van der Waals surface area contributed by atoms with Crippen LogP contribution in [0, 0.1) is 0 Å². The lowest BCUT2D eigenvalue weighted by atomic mass is 9.98. The number of unbranched alkanes of at least 4 members (excludes halogenated alkanes) is 23. The fourth-order valence-electron chi connectivity index (χ4n) is 5.51. The van der Waals surface area contributed by atoms with Crippen LogP contribution in [0.15, 0.2) is 24.3 Å². The summed E-state index contributed by atoms with van der Waals surface area (Å²) in [5.74, 6) is -2.21. The molecule has 42 heavy (non-hydrogen) atoms. The van der Waals surface area contributed by atoms with Crippen LogP contribution in [0.3, 0.4) is 0 Å². The maximum absolute atomic E-state index is 12.6. The van der Waals surface area contributed by atoms with Crippen molar-refractivity contribution in [2.45, 2.75) is 207 Å². The molecular weight excluding hydrogens is 520 g/mol. The normalized spacial score (nSPS) is 11.4. The highest BCUT2D eigenvalue weighted by atomic mass is 16.7. The van der Waals surface area contributed by atoms with Crippen LogP contribution in [-0.4, -0.2) is 17.7 Å². The molecule has 0 rings (SSSR count). The van der Waals surface area contributed by atoms with Crippen LogP contribution in [0.5, 0.6) is 0 Å². The zero-order chi connectivity index (χ0) is 31.3. The first kappa shape index (κ1) is 40.4. The maximum Gasteiger partial charge on any atom is 0.336 e. The van der Waals surface area contributed by atoms with E-state index in [2.05, 4.69) is 27.0 Å². The molecule has 0 saturated carbocycles. The van der Waals surface area contributed by atoms with Crippen molar-refractivity contribution in [1.82, 2.24) is 0 Å². The summed E-state index contributed by atoms with van der Waals surface area (Å²) in [6.07, 6.45) is 32.7. The summed E-state index contributed by atoms with van der Waals surface area (Å²) in [7, 11) is 0. The molecule has 0 aliphatic heterocycles. The Balaban J connectivity index is 4.50. The van der Waals surface area contributed by atoms with Gasteiger partial charge < -0.3 is 9.47 Å². The van der Waals surface area contributed by atoms with Crippen LogP contribution in [-0.2, 0) is 19.1 Å². The van der Waals surface area contributed by atoms with Gasteiger partial charge in [-0.05, 0) is 26.7 Å². The molecule has 0 aliphatic carbocycles. The molecule has 0 spiro atoms. The van der Waals surface area contributed by atoms with E-state index in [-0.39, 0.29) is 0 Å². The number of esters is 2. The quantitative estimate of drug-likeness (QED) is 0.0349. The largest absolute Gasteiger partial charge is 0.419 e. The Kier molecular flexibility index (Phi) is 27.1. The third-order valence-corrected chi connectivity index (χ3v) is 8.33. The first-order valence-corrected chi connectivity index (χ1v) is 18.1. The monoisotopic (exact) mass is 591 g/mol. The molecule has 0 aromatic rings. The van der Waals surface area contributed by atoms with E-state index < -0.39 is 17.7 Å². The van der Waals surface area contributed by atoms with E-state index in [0.717, 1.165) is 38.5 Å². The molecule has 4 nitrogen and oxygen atoms in total. The van der Waals surface area contributed by atoms with Crippen molar-refractivity contribution >= 4 is 11.9 Å². The van der Waals surface area contributed by atoms with Gasteiger partial charge in [-0.1, -0.05) is 175 Å². The van der Waals surface area contributed by atoms with Crippen molar-refractivity contribution in [3.63, 3.8) is 0 Å². The Morgan fingerprint density at radius 1 is 0.429 bits per heavy atom. The van der Waals surface area contributed by atoms with Gasteiger partial charge in [-0.25, -0.2) is 9.59 Å². The summed E-state index contributed by atoms with van der Waals surface area (Å²) in [6, 6.07) is 0. The van der Waals surface area contributed by atoms with Crippen LogP contribution in [0.25, 0.3) is 0 Å². The molecule has 0 N–H and O–H groups in total. The molecule has 0 fully saturated rings. The lowest BCUT2D eigenvalue weighted by Crippen LogP contribution is -2.40. The van der Waals surface area contributed by atoms with E-state index in [1.165, 1.54) is 122 Å². The number of ether oxygens (including phenoxy) is 2. The second kappa shape index (κ2) is 28.2. The first-order valence-electron chi connectivity index (χ1n) is 18.1. The van der Waals surface area contributed by atoms with Crippen LogP contribution in [0.4, 0.5) is 0 Å². The SMILES string of the molecule is C=C(C)C(=O)OC(CCCCCCCCCCC)(CCCCCCCCCCCCCCCCCC)OC(=O)C(=C)C. The zero-order valence-corrected chi connectivity index (χ0v) is 28.6. The van der Waals surface area contributed by atoms with Crippen molar-refractivity contribution in [2.24, 2.45) is 0 Å². The van der Waals surface area contributed by atoms with E-state index in [0.29, 0.717) is 24.0 Å². The predicted molar refractivity (Wildman–Crippen MR) is 181 cm³/mol. The summed E-state index contributed by atoms with van der Waals surface area (Å²) in [4.78, 5) is 25.2. The van der Waals surface area contributed by atoms with Gasteiger partial charge in [0.1, 0.15) is 0 Å². The predicted octanol–water partition coefficient (Wildman–Crippen LogP) is 12.5. The van der Waals surface area contributed by atoms with E-state index in [4.69, 9.17) is 9.47 Å². The average molecular weight is 591 g/mol. The van der Waals surface area contributed by atoms with Gasteiger partial charge in [0.25, 0.3) is 5.79 Å². The minimum absolute atomic E-state index is 0.324. The molecule has 0 radical (unpaired) electrons. The summed E-state index contributed by atoms with van der Waals surface area (Å²) in [6.45, 7) is 15.3. The average Bonchev–Trinajstić information content (AvgIpc) is 2.95. The number of carbonyl (C=O) groups is 2. The minimum Gasteiger partial charge on any atom is -0.419 e. The minimum atomic E-state index is -1.23. The van der Waals surface area contributed by atoms with Crippen molar-refractivity contribution in [3.8, 4) is 0 Å². The first-order chi connectivity index (χ1) is 20.3. The third kappa shape index (κ3) is 23.9. The Morgan fingerprint density at radius 3 is 0.857 bits per heavy atom. The van der Waals surface area contributed by atoms with Gasteiger partial charge in [-0.15, -0.1) is 0 Å². The summed E-state index contributed by atoms with van der Waals surface area (Å²) < 4.78 is 11.8. The van der Waals surface area contributed by atoms with Gasteiger partial charge in [0.15, 0.2) is 0 Å². The highest BCUT2D eigenvalue weighted by Gasteiger charge is 2.38. The summed E-state index contributed by atoms with van der Waals surface area (Å²) in [5, 5.41) is 0. The number of rotatable bonds is 31. The second-order valence-corrected chi connectivity index (χ2v) is 12.9. The van der Waals surface area contributed by atoms with Crippen molar-refractivity contribution in [3.05, 3.63) is 24.3 Å². The molecule has 0 aromatic heterocycles. The van der Waals surface area contributed by atoms with Gasteiger partial charge >= 0.3 is 11.9 Å². The van der Waals surface area contributed by atoms with Crippen LogP contribution in [0.1, 0.15) is 201 Å². The molecule has 0 amide bonds. The zero-order valence-electron chi connectivity index (χ0n) is 28.6. The molecule has 0 atom stereocenters. The van der Waals surface area contributed by atoms with E-state index in [1.807, 2.05) is 0 Å². The van der Waals surface area contributed by atoms with Crippen molar-refractivity contribution in [1.29, 1.82) is 0 Å². The molecule has 246 valence electrons. The Morgan fingerprint density at radius 2 is 0.643 bits per heavy atom. The van der Waals surface area contributed by atoms with Gasteiger partial charge in [0.2, 0.25) is 0 Å². The van der Waals surface area contributed by atoms with Crippen molar-refractivity contribution < 1.29 is 19.1 Å². The van der Waals surface area contributed by atoms with Gasteiger partial charge in [0.05, 0.1) is 0 Å². The number of hydrogen-bond donors (Lipinski definition) is 0. The molecule has 4 heteroatoms. The standard InChI is InChI=1S/C38H70O4/c1-7-9-11-13-15-17-18-19-20-21-22-23-25-27-29-31-33-38(41-36(39)34(3)4,42-37(40)35(5)6)32-30-28-26-24-16-14-12-10-8-2/h3,5,7-33H2,1-2,4,6H3. The molecular formula is C38H70O4. The molecule has 0 unspecified atom stereocenters. The van der Waals surface area contributed by atoms with E-state index in [1.54, 1.807) is 13.8 Å². The molecule has 0 aliphatic rings. The third-order valence-electron chi connectivity index (χ3n) is 8.33. The summed E-state index contributed by atoms with van der Waals surface area (Å²) >= 11 is 0. The van der Waals surface area contributed by atoms with Gasteiger partial charge in [0, 0.05) is 24.0 Å². The highest BCUT2D eigenvalue weighted by Crippen LogP contribution is 2.31. The smallest absolute Gasteiger partial charge is 0.336 e. The molecule has 0 heterocycles. The molecule has 0 bridgehead atoms. The lowest BCUT2D eigenvalue weighted by molar-refractivity contribution is -0.229. The highest BCUT2D eigenvalue weighted by molar-refractivity contribution is 5.89. The topological polar surface area (TPSA) is 52.6 Å². The Bertz CT molecular complexity index is 667. The lowest BCUT2D eigenvalue weighted by Gasteiger charge is -2.33. The van der Waals surface area contributed by atoms with Crippen molar-refractivity contribution in [2.75, 3.05) is 0 Å². The fraction of sp³-hybridized carbons (Fsp3) is 0.842. The van der Waals surface area contributed by atoms with Crippen LogP contribution < -0.4 is 0 Å². The molecule has 0 aromatic carbocycles. The van der Waals surface area contributed by atoms with Gasteiger partial charge in [-0.2, -0.15) is 0 Å². The Labute approximate surface area is 261 Å². The summed E-state index contributed by atoms with van der Waals surface area (Å²) in [5.41, 5.74) is 0.648. The van der Waals surface area contributed by atoms with E-state index >= 15 is 0 Å². The Hall–Kier alpha value is -1.58. The maximum atomic E-state index is 12.6. The number of carbonyl (C=O) groups excluding carboxylic acids is 2. The van der Waals surface area contributed by atoms with Crippen LogP contribution >= 0.6 is 0 Å². The fourth-order valence-corrected chi connectivity index (χ4v) is 5.51. The van der Waals surface area contributed by atoms with Gasteiger partial charge in [-0.3, -0.25) is 0 Å². The van der Waals surface area contributed by atoms with Crippen LogP contribution in [0.2, 0.25) is 0 Å².